The standard InChI is InChI=1S/C12H11NO4S2/c14-13-19(16,17)12-9-5-4-8-11(12)18(15)10-6-2-1-3-7-10/h1-9,13-14H. The number of hydrogen-bond acceptors (Lipinski definition) is 4. The van der Waals surface area contributed by atoms with Crippen LogP contribution < -0.4 is 4.89 Å². The zero-order chi connectivity index (χ0) is 13.9. The summed E-state index contributed by atoms with van der Waals surface area (Å²) in [6, 6.07) is 14.3. The first-order valence-electron chi connectivity index (χ1n) is 5.28. The van der Waals surface area contributed by atoms with Crippen LogP contribution in [0.5, 0.6) is 0 Å². The van der Waals surface area contributed by atoms with Crippen molar-refractivity contribution < 1.29 is 17.8 Å². The number of hydrogen-bond donors (Lipinski definition) is 2. The van der Waals surface area contributed by atoms with Gasteiger partial charge in [0.05, 0.1) is 15.7 Å². The Morgan fingerprint density at radius 2 is 1.53 bits per heavy atom. The lowest BCUT2D eigenvalue weighted by Crippen LogP contribution is -2.21. The molecule has 1 atom stereocenters. The van der Waals surface area contributed by atoms with Gasteiger partial charge >= 0.3 is 0 Å². The first-order valence-corrected chi connectivity index (χ1v) is 7.91. The van der Waals surface area contributed by atoms with E-state index in [4.69, 9.17) is 5.21 Å². The van der Waals surface area contributed by atoms with Crippen LogP contribution in [-0.4, -0.2) is 17.8 Å². The smallest absolute Gasteiger partial charge is 0.263 e. The van der Waals surface area contributed by atoms with Crippen molar-refractivity contribution in [2.75, 3.05) is 0 Å². The lowest BCUT2D eigenvalue weighted by molar-refractivity contribution is 0.242. The number of sulfonamides is 1. The summed E-state index contributed by atoms with van der Waals surface area (Å²) in [7, 11) is -5.71. The minimum Gasteiger partial charge on any atom is -0.302 e. The van der Waals surface area contributed by atoms with Crippen LogP contribution in [0, 0.1) is 0 Å². The van der Waals surface area contributed by atoms with Crippen LogP contribution in [-0.2, 0) is 20.8 Å². The van der Waals surface area contributed by atoms with Gasteiger partial charge in [-0.1, -0.05) is 35.2 Å². The van der Waals surface area contributed by atoms with E-state index in [-0.39, 0.29) is 9.79 Å². The zero-order valence-corrected chi connectivity index (χ0v) is 11.3. The molecule has 2 aromatic carbocycles. The fourth-order valence-corrected chi connectivity index (χ4v) is 3.90. The highest BCUT2D eigenvalue weighted by molar-refractivity contribution is 7.91. The Morgan fingerprint density at radius 1 is 0.947 bits per heavy atom. The minimum absolute atomic E-state index is 0.121. The van der Waals surface area contributed by atoms with E-state index in [9.17, 15) is 12.6 Å². The number of rotatable bonds is 4. The molecule has 0 saturated heterocycles. The molecule has 0 aliphatic rings. The van der Waals surface area contributed by atoms with Gasteiger partial charge in [-0.15, -0.1) is 0 Å². The molecule has 0 radical (unpaired) electrons. The van der Waals surface area contributed by atoms with Gasteiger partial charge in [-0.3, -0.25) is 0 Å². The fraction of sp³-hybridized carbons (Fsp3) is 0. The highest BCUT2D eigenvalue weighted by Gasteiger charge is 2.21. The van der Waals surface area contributed by atoms with Gasteiger partial charge in [0.15, 0.2) is 0 Å². The Hall–Kier alpha value is -1.54. The Morgan fingerprint density at radius 3 is 2.16 bits per heavy atom. The molecule has 0 aliphatic heterocycles. The summed E-state index contributed by atoms with van der Waals surface area (Å²) in [6.45, 7) is 0. The molecule has 0 amide bonds. The molecule has 100 valence electrons. The highest BCUT2D eigenvalue weighted by atomic mass is 32.2. The Labute approximate surface area is 113 Å². The van der Waals surface area contributed by atoms with Gasteiger partial charge in [0, 0.05) is 4.90 Å². The van der Waals surface area contributed by atoms with Gasteiger partial charge in [-0.2, -0.15) is 0 Å². The minimum atomic E-state index is -4.07. The Kier molecular flexibility index (Phi) is 4.11. The van der Waals surface area contributed by atoms with E-state index in [1.165, 1.54) is 23.1 Å². The van der Waals surface area contributed by atoms with E-state index >= 15 is 0 Å². The topological polar surface area (TPSA) is 83.5 Å². The lowest BCUT2D eigenvalue weighted by Gasteiger charge is -2.08. The summed E-state index contributed by atoms with van der Waals surface area (Å²) in [5, 5.41) is 8.69. The molecule has 7 heteroatoms. The summed E-state index contributed by atoms with van der Waals surface area (Å²) in [5.41, 5.74) is 0. The second kappa shape index (κ2) is 5.62. The van der Waals surface area contributed by atoms with Crippen molar-refractivity contribution in [2.45, 2.75) is 14.7 Å². The number of nitrogens with one attached hydrogen (secondary N) is 1. The number of benzene rings is 2. The molecule has 5 nitrogen and oxygen atoms in total. The third-order valence-electron chi connectivity index (χ3n) is 2.42. The van der Waals surface area contributed by atoms with Gasteiger partial charge in [0.2, 0.25) is 0 Å². The monoisotopic (exact) mass is 297 g/mol. The van der Waals surface area contributed by atoms with Crippen molar-refractivity contribution in [3.8, 4) is 0 Å². The highest BCUT2D eigenvalue weighted by Crippen LogP contribution is 2.23. The van der Waals surface area contributed by atoms with E-state index in [1.54, 1.807) is 36.4 Å². The van der Waals surface area contributed by atoms with Gasteiger partial charge in [0.1, 0.15) is 4.90 Å². The molecule has 2 aromatic rings. The predicted molar refractivity (Wildman–Crippen MR) is 69.7 cm³/mol. The second-order valence-electron chi connectivity index (χ2n) is 3.62. The van der Waals surface area contributed by atoms with Crippen molar-refractivity contribution in [1.82, 2.24) is 4.89 Å². The summed E-state index contributed by atoms with van der Waals surface area (Å²) >= 11 is 0. The molecule has 0 bridgehead atoms. The molecular formula is C12H11NO4S2. The molecule has 0 fully saturated rings. The first-order chi connectivity index (χ1) is 9.06. The van der Waals surface area contributed by atoms with Crippen LogP contribution in [0.4, 0.5) is 0 Å². The Balaban J connectivity index is 2.56. The van der Waals surface area contributed by atoms with Crippen molar-refractivity contribution in [1.29, 1.82) is 0 Å². The third kappa shape index (κ3) is 2.90. The average Bonchev–Trinajstić information content (AvgIpc) is 2.47. The zero-order valence-electron chi connectivity index (χ0n) is 9.68. The van der Waals surface area contributed by atoms with Crippen LogP contribution >= 0.6 is 0 Å². The SMILES string of the molecule is O=S(c1ccccc1)c1ccccc1S(=O)(=O)NO. The van der Waals surface area contributed by atoms with E-state index in [0.717, 1.165) is 0 Å². The van der Waals surface area contributed by atoms with Crippen LogP contribution in [0.1, 0.15) is 0 Å². The molecule has 0 aliphatic carbocycles. The lowest BCUT2D eigenvalue weighted by atomic mass is 10.4. The van der Waals surface area contributed by atoms with E-state index in [1.807, 2.05) is 0 Å². The van der Waals surface area contributed by atoms with E-state index in [0.29, 0.717) is 4.90 Å². The first kappa shape index (κ1) is 13.9. The summed E-state index contributed by atoms with van der Waals surface area (Å²) in [4.78, 5) is 1.64. The van der Waals surface area contributed by atoms with Gasteiger partial charge in [-0.25, -0.2) is 12.6 Å². The summed E-state index contributed by atoms with van der Waals surface area (Å²) < 4.78 is 35.7. The quantitative estimate of drug-likeness (QED) is 0.838. The molecule has 19 heavy (non-hydrogen) atoms. The Bertz CT molecular complexity index is 699. The van der Waals surface area contributed by atoms with Crippen molar-refractivity contribution >= 4 is 20.8 Å². The molecule has 0 spiro atoms. The molecular weight excluding hydrogens is 286 g/mol. The van der Waals surface area contributed by atoms with Crippen molar-refractivity contribution in [3.05, 3.63) is 54.6 Å². The average molecular weight is 297 g/mol. The predicted octanol–water partition coefficient (Wildman–Crippen LogP) is 1.52. The van der Waals surface area contributed by atoms with Crippen LogP contribution in [0.25, 0.3) is 0 Å². The van der Waals surface area contributed by atoms with Crippen LogP contribution in [0.2, 0.25) is 0 Å². The maximum absolute atomic E-state index is 12.4. The molecule has 0 heterocycles. The van der Waals surface area contributed by atoms with Crippen LogP contribution in [0.15, 0.2) is 69.3 Å². The molecule has 2 N–H and O–H groups in total. The summed E-state index contributed by atoms with van der Waals surface area (Å²) in [5.74, 6) is 0. The van der Waals surface area contributed by atoms with Gasteiger partial charge < -0.3 is 5.21 Å². The molecule has 1 unspecified atom stereocenters. The van der Waals surface area contributed by atoms with E-state index < -0.39 is 20.8 Å². The second-order valence-corrected chi connectivity index (χ2v) is 6.70. The maximum atomic E-state index is 12.4. The van der Waals surface area contributed by atoms with Gasteiger partial charge in [0.25, 0.3) is 10.0 Å². The largest absolute Gasteiger partial charge is 0.302 e. The fourth-order valence-electron chi connectivity index (χ4n) is 1.55. The normalized spacial score (nSPS) is 13.1. The van der Waals surface area contributed by atoms with Crippen LogP contribution in [0.3, 0.4) is 0 Å². The van der Waals surface area contributed by atoms with Crippen molar-refractivity contribution in [2.24, 2.45) is 0 Å². The summed E-state index contributed by atoms with van der Waals surface area (Å²) in [6.07, 6.45) is 0. The molecule has 0 saturated carbocycles. The third-order valence-corrected chi connectivity index (χ3v) is 5.18. The maximum Gasteiger partial charge on any atom is 0.263 e. The van der Waals surface area contributed by atoms with E-state index in [2.05, 4.69) is 0 Å². The van der Waals surface area contributed by atoms with Crippen molar-refractivity contribution in [3.63, 3.8) is 0 Å². The molecule has 0 aromatic heterocycles. The molecule has 2 rings (SSSR count). The van der Waals surface area contributed by atoms with Gasteiger partial charge in [-0.05, 0) is 24.3 Å².